The summed E-state index contributed by atoms with van der Waals surface area (Å²) in [5.74, 6) is 2.68. The van der Waals surface area contributed by atoms with Gasteiger partial charge in [-0.3, -0.25) is 0 Å². The number of halogens is 1. The van der Waals surface area contributed by atoms with Gasteiger partial charge in [-0.15, -0.1) is 0 Å². The lowest BCUT2D eigenvalue weighted by Gasteiger charge is -2.13. The second-order valence-electron chi connectivity index (χ2n) is 3.74. The first kappa shape index (κ1) is 13.6. The van der Waals surface area contributed by atoms with Crippen molar-refractivity contribution in [3.8, 4) is 0 Å². The smallest absolute Gasteiger partial charge is 0.134 e. The number of hydrogen-bond donors (Lipinski definition) is 1. The molecule has 0 radical (unpaired) electrons. The quantitative estimate of drug-likeness (QED) is 0.796. The van der Waals surface area contributed by atoms with Gasteiger partial charge >= 0.3 is 0 Å². The van der Waals surface area contributed by atoms with Gasteiger partial charge in [0.25, 0.3) is 0 Å². The zero-order chi connectivity index (χ0) is 12.0. The fourth-order valence-electron chi connectivity index (χ4n) is 1.42. The first-order valence-electron chi connectivity index (χ1n) is 5.44. The fraction of sp³-hybridized carbons (Fsp3) is 0.636. The third kappa shape index (κ3) is 4.58. The van der Waals surface area contributed by atoms with Crippen molar-refractivity contribution in [2.75, 3.05) is 17.3 Å². The fourth-order valence-corrected chi connectivity index (χ4v) is 2.20. The molecule has 0 aliphatic carbocycles. The standard InChI is InChI=1S/C11H18ClN3S/c1-4-5-10-14-9(12)6-11(15-10)13-8(2)7-16-3/h6,8H,4-5,7H2,1-3H3,(H,13,14,15). The van der Waals surface area contributed by atoms with Gasteiger partial charge in [0, 0.05) is 24.3 Å². The lowest BCUT2D eigenvalue weighted by molar-refractivity contribution is 0.824. The zero-order valence-corrected chi connectivity index (χ0v) is 11.5. The lowest BCUT2D eigenvalue weighted by Crippen LogP contribution is -2.19. The second kappa shape index (κ2) is 6.97. The number of nitrogens with zero attached hydrogens (tertiary/aromatic N) is 2. The van der Waals surface area contributed by atoms with Crippen LogP contribution in [0.2, 0.25) is 5.15 Å². The number of aryl methyl sites for hydroxylation is 1. The Hall–Kier alpha value is -0.480. The van der Waals surface area contributed by atoms with E-state index in [0.29, 0.717) is 11.2 Å². The van der Waals surface area contributed by atoms with Crippen molar-refractivity contribution in [3.05, 3.63) is 17.0 Å². The zero-order valence-electron chi connectivity index (χ0n) is 9.96. The van der Waals surface area contributed by atoms with E-state index in [-0.39, 0.29) is 0 Å². The number of nitrogens with one attached hydrogen (secondary N) is 1. The van der Waals surface area contributed by atoms with Crippen LogP contribution in [-0.4, -0.2) is 28.0 Å². The number of hydrogen-bond acceptors (Lipinski definition) is 4. The second-order valence-corrected chi connectivity index (χ2v) is 5.04. The predicted octanol–water partition coefficient (Wildman–Crippen LogP) is 3.25. The molecule has 0 bridgehead atoms. The van der Waals surface area contributed by atoms with Gasteiger partial charge in [-0.1, -0.05) is 18.5 Å². The summed E-state index contributed by atoms with van der Waals surface area (Å²) in [6.45, 7) is 4.24. The van der Waals surface area contributed by atoms with Crippen LogP contribution < -0.4 is 5.32 Å². The van der Waals surface area contributed by atoms with Crippen LogP contribution in [0.15, 0.2) is 6.07 Å². The molecule has 90 valence electrons. The Kier molecular flexibility index (Phi) is 5.91. The molecule has 5 heteroatoms. The van der Waals surface area contributed by atoms with Crippen molar-refractivity contribution in [3.63, 3.8) is 0 Å². The highest BCUT2D eigenvalue weighted by molar-refractivity contribution is 7.98. The predicted molar refractivity (Wildman–Crippen MR) is 72.5 cm³/mol. The summed E-state index contributed by atoms with van der Waals surface area (Å²) in [4.78, 5) is 8.62. The first-order valence-corrected chi connectivity index (χ1v) is 7.21. The maximum absolute atomic E-state index is 5.95. The summed E-state index contributed by atoms with van der Waals surface area (Å²) >= 11 is 7.76. The van der Waals surface area contributed by atoms with Gasteiger partial charge in [0.05, 0.1) is 0 Å². The number of aromatic nitrogens is 2. The monoisotopic (exact) mass is 259 g/mol. The summed E-state index contributed by atoms with van der Waals surface area (Å²) in [6, 6.07) is 2.16. The highest BCUT2D eigenvalue weighted by Crippen LogP contribution is 2.14. The van der Waals surface area contributed by atoms with Gasteiger partial charge in [-0.25, -0.2) is 9.97 Å². The minimum Gasteiger partial charge on any atom is -0.367 e. The molecule has 1 N–H and O–H groups in total. The summed E-state index contributed by atoms with van der Waals surface area (Å²) in [7, 11) is 0. The van der Waals surface area contributed by atoms with Crippen molar-refractivity contribution in [1.82, 2.24) is 9.97 Å². The molecule has 1 aromatic rings. The molecule has 16 heavy (non-hydrogen) atoms. The van der Waals surface area contributed by atoms with Crippen LogP contribution in [0.3, 0.4) is 0 Å². The van der Waals surface area contributed by atoms with E-state index in [9.17, 15) is 0 Å². The van der Waals surface area contributed by atoms with Gasteiger partial charge in [0.2, 0.25) is 0 Å². The molecular formula is C11H18ClN3S. The molecule has 1 atom stereocenters. The van der Waals surface area contributed by atoms with Crippen LogP contribution in [0.1, 0.15) is 26.1 Å². The van der Waals surface area contributed by atoms with Crippen molar-refractivity contribution >= 4 is 29.2 Å². The summed E-state index contributed by atoms with van der Waals surface area (Å²) in [5, 5.41) is 3.84. The van der Waals surface area contributed by atoms with Gasteiger partial charge in [0.1, 0.15) is 16.8 Å². The molecule has 1 rings (SSSR count). The average molecular weight is 260 g/mol. The molecule has 0 aromatic carbocycles. The Morgan fingerprint density at radius 2 is 2.25 bits per heavy atom. The Bertz CT molecular complexity index is 333. The van der Waals surface area contributed by atoms with Crippen LogP contribution in [0.4, 0.5) is 5.82 Å². The molecule has 1 aromatic heterocycles. The summed E-state index contributed by atoms with van der Waals surface area (Å²) in [6.07, 6.45) is 3.99. The third-order valence-electron chi connectivity index (χ3n) is 2.03. The van der Waals surface area contributed by atoms with Crippen LogP contribution >= 0.6 is 23.4 Å². The summed E-state index contributed by atoms with van der Waals surface area (Å²) in [5.41, 5.74) is 0. The number of anilines is 1. The highest BCUT2D eigenvalue weighted by atomic mass is 35.5. The van der Waals surface area contributed by atoms with Crippen LogP contribution in [0.5, 0.6) is 0 Å². The molecule has 1 unspecified atom stereocenters. The van der Waals surface area contributed by atoms with Gasteiger partial charge in [-0.2, -0.15) is 11.8 Å². The van der Waals surface area contributed by atoms with Gasteiger partial charge in [0.15, 0.2) is 0 Å². The Morgan fingerprint density at radius 3 is 2.88 bits per heavy atom. The van der Waals surface area contributed by atoms with Crippen molar-refractivity contribution in [2.45, 2.75) is 32.7 Å². The van der Waals surface area contributed by atoms with E-state index in [1.165, 1.54) is 0 Å². The maximum atomic E-state index is 5.95. The van der Waals surface area contributed by atoms with Crippen molar-refractivity contribution < 1.29 is 0 Å². The van der Waals surface area contributed by atoms with E-state index in [0.717, 1.165) is 30.2 Å². The molecule has 0 amide bonds. The van der Waals surface area contributed by atoms with Crippen LogP contribution in [0.25, 0.3) is 0 Å². The molecule has 3 nitrogen and oxygen atoms in total. The van der Waals surface area contributed by atoms with E-state index >= 15 is 0 Å². The number of thioether (sulfide) groups is 1. The Labute approximate surface area is 106 Å². The minimum absolute atomic E-state index is 0.385. The van der Waals surface area contributed by atoms with E-state index in [4.69, 9.17) is 11.6 Å². The largest absolute Gasteiger partial charge is 0.367 e. The van der Waals surface area contributed by atoms with Crippen molar-refractivity contribution in [2.24, 2.45) is 0 Å². The average Bonchev–Trinajstić information content (AvgIpc) is 2.17. The third-order valence-corrected chi connectivity index (χ3v) is 3.05. The van der Waals surface area contributed by atoms with Gasteiger partial charge < -0.3 is 5.32 Å². The SMILES string of the molecule is CCCc1nc(Cl)cc(NC(C)CSC)n1. The maximum Gasteiger partial charge on any atom is 0.134 e. The van der Waals surface area contributed by atoms with E-state index in [1.54, 1.807) is 6.07 Å². The highest BCUT2D eigenvalue weighted by Gasteiger charge is 2.05. The summed E-state index contributed by atoms with van der Waals surface area (Å²) < 4.78 is 0. The Morgan fingerprint density at radius 1 is 1.50 bits per heavy atom. The first-order chi connectivity index (χ1) is 7.65. The molecular weight excluding hydrogens is 242 g/mol. The van der Waals surface area contributed by atoms with Crippen molar-refractivity contribution in [1.29, 1.82) is 0 Å². The minimum atomic E-state index is 0.385. The van der Waals surface area contributed by atoms with E-state index in [2.05, 4.69) is 35.4 Å². The van der Waals surface area contributed by atoms with E-state index < -0.39 is 0 Å². The molecule has 0 spiro atoms. The topological polar surface area (TPSA) is 37.8 Å². The molecule has 1 heterocycles. The normalized spacial score (nSPS) is 12.5. The lowest BCUT2D eigenvalue weighted by atomic mass is 10.3. The van der Waals surface area contributed by atoms with Gasteiger partial charge in [-0.05, 0) is 19.6 Å². The molecule has 0 saturated heterocycles. The molecule has 0 saturated carbocycles. The molecule has 0 fully saturated rings. The molecule has 0 aliphatic rings. The van der Waals surface area contributed by atoms with E-state index in [1.807, 2.05) is 11.8 Å². The van der Waals surface area contributed by atoms with Crippen LogP contribution in [-0.2, 0) is 6.42 Å². The van der Waals surface area contributed by atoms with Crippen LogP contribution in [0, 0.1) is 0 Å². The Balaban J connectivity index is 2.71. The number of rotatable bonds is 6. The molecule has 0 aliphatic heterocycles.